The molecule has 0 saturated heterocycles. The molecule has 13 heavy (non-hydrogen) atoms. The monoisotopic (exact) mass is 178 g/mol. The quantitative estimate of drug-likeness (QED) is 0.750. The number of hydrogen-bond donors (Lipinski definition) is 1. The molecule has 0 unspecified atom stereocenters. The van der Waals surface area contributed by atoms with E-state index in [0.29, 0.717) is 6.04 Å². The van der Waals surface area contributed by atoms with Crippen molar-refractivity contribution in [1.29, 1.82) is 0 Å². The van der Waals surface area contributed by atoms with Gasteiger partial charge in [0.25, 0.3) is 0 Å². The Morgan fingerprint density at radius 2 is 2.38 bits per heavy atom. The Balaban J connectivity index is 2.20. The first-order valence-electron chi connectivity index (χ1n) is 4.97. The molecule has 0 fully saturated rings. The van der Waals surface area contributed by atoms with Crippen molar-refractivity contribution in [2.24, 2.45) is 5.73 Å². The molecule has 1 atom stereocenters. The van der Waals surface area contributed by atoms with E-state index in [2.05, 4.69) is 18.0 Å². The topological polar surface area (TPSA) is 38.9 Å². The summed E-state index contributed by atoms with van der Waals surface area (Å²) in [7, 11) is 0. The maximum Gasteiger partial charge on any atom is 0.0299 e. The predicted octanol–water partition coefficient (Wildman–Crippen LogP) is 2.14. The fourth-order valence-electron chi connectivity index (χ4n) is 1.32. The standard InChI is InChI=1S/C11H18N2/c1-2-11(12)7-3-5-10-6-4-8-13-9-10/h4,6,8-9,11H,2-3,5,7,12H2,1H3/t11-/m1/s1. The summed E-state index contributed by atoms with van der Waals surface area (Å²) < 4.78 is 0. The molecule has 0 bridgehead atoms. The molecule has 2 heteroatoms. The molecule has 0 aliphatic heterocycles. The fourth-order valence-corrected chi connectivity index (χ4v) is 1.32. The Morgan fingerprint density at radius 3 is 3.00 bits per heavy atom. The zero-order valence-electron chi connectivity index (χ0n) is 8.24. The van der Waals surface area contributed by atoms with E-state index in [9.17, 15) is 0 Å². The number of aryl methyl sites for hydroxylation is 1. The van der Waals surface area contributed by atoms with Gasteiger partial charge in [0.2, 0.25) is 0 Å². The average Bonchev–Trinajstić information content (AvgIpc) is 2.19. The van der Waals surface area contributed by atoms with Crippen LogP contribution in [0, 0.1) is 0 Å². The summed E-state index contributed by atoms with van der Waals surface area (Å²) in [5.74, 6) is 0. The number of hydrogen-bond acceptors (Lipinski definition) is 2. The molecule has 1 rings (SSSR count). The molecule has 0 radical (unpaired) electrons. The lowest BCUT2D eigenvalue weighted by Crippen LogP contribution is -2.18. The fraction of sp³-hybridized carbons (Fsp3) is 0.545. The highest BCUT2D eigenvalue weighted by Gasteiger charge is 1.98. The number of nitrogens with two attached hydrogens (primary N) is 1. The minimum atomic E-state index is 0.372. The van der Waals surface area contributed by atoms with E-state index in [1.54, 1.807) is 6.20 Å². The first-order valence-corrected chi connectivity index (χ1v) is 4.97. The predicted molar refractivity (Wildman–Crippen MR) is 55.4 cm³/mol. The average molecular weight is 178 g/mol. The van der Waals surface area contributed by atoms with Crippen LogP contribution < -0.4 is 5.73 Å². The Hall–Kier alpha value is -0.890. The van der Waals surface area contributed by atoms with E-state index in [-0.39, 0.29) is 0 Å². The van der Waals surface area contributed by atoms with Crippen LogP contribution in [-0.4, -0.2) is 11.0 Å². The maximum absolute atomic E-state index is 5.82. The highest BCUT2D eigenvalue weighted by atomic mass is 14.6. The van der Waals surface area contributed by atoms with Gasteiger partial charge in [0.05, 0.1) is 0 Å². The minimum absolute atomic E-state index is 0.372. The van der Waals surface area contributed by atoms with Crippen LogP contribution in [0.15, 0.2) is 24.5 Å². The second-order valence-corrected chi connectivity index (χ2v) is 3.42. The van der Waals surface area contributed by atoms with E-state index in [4.69, 9.17) is 5.73 Å². The second kappa shape index (κ2) is 5.70. The van der Waals surface area contributed by atoms with Crippen molar-refractivity contribution in [1.82, 2.24) is 4.98 Å². The van der Waals surface area contributed by atoms with Crippen LogP contribution in [0.3, 0.4) is 0 Å². The van der Waals surface area contributed by atoms with Gasteiger partial charge in [0.1, 0.15) is 0 Å². The van der Waals surface area contributed by atoms with Crippen molar-refractivity contribution in [2.45, 2.75) is 38.6 Å². The Labute approximate surface area is 80.2 Å². The molecule has 1 heterocycles. The lowest BCUT2D eigenvalue weighted by molar-refractivity contribution is 0.568. The van der Waals surface area contributed by atoms with Gasteiger partial charge >= 0.3 is 0 Å². The van der Waals surface area contributed by atoms with Crippen LogP contribution in [0.2, 0.25) is 0 Å². The largest absolute Gasteiger partial charge is 0.328 e. The summed E-state index contributed by atoms with van der Waals surface area (Å²) in [5.41, 5.74) is 7.13. The van der Waals surface area contributed by atoms with Crippen molar-refractivity contribution in [3.05, 3.63) is 30.1 Å². The zero-order valence-corrected chi connectivity index (χ0v) is 8.24. The molecule has 0 aliphatic carbocycles. The Morgan fingerprint density at radius 1 is 1.54 bits per heavy atom. The summed E-state index contributed by atoms with van der Waals surface area (Å²) in [6.45, 7) is 2.13. The van der Waals surface area contributed by atoms with Gasteiger partial charge in [-0.1, -0.05) is 13.0 Å². The van der Waals surface area contributed by atoms with Gasteiger partial charge < -0.3 is 5.73 Å². The Kier molecular flexibility index (Phi) is 4.47. The van der Waals surface area contributed by atoms with Gasteiger partial charge in [0.15, 0.2) is 0 Å². The van der Waals surface area contributed by atoms with E-state index in [0.717, 1.165) is 19.3 Å². The molecule has 1 aromatic rings. The number of rotatable bonds is 5. The van der Waals surface area contributed by atoms with E-state index >= 15 is 0 Å². The third kappa shape index (κ3) is 4.04. The Bertz CT molecular complexity index is 221. The molecule has 2 nitrogen and oxygen atoms in total. The minimum Gasteiger partial charge on any atom is -0.328 e. The molecule has 0 aromatic carbocycles. The van der Waals surface area contributed by atoms with E-state index < -0.39 is 0 Å². The number of aromatic nitrogens is 1. The normalized spacial score (nSPS) is 12.8. The van der Waals surface area contributed by atoms with Crippen molar-refractivity contribution in [2.75, 3.05) is 0 Å². The number of nitrogens with zero attached hydrogens (tertiary/aromatic N) is 1. The second-order valence-electron chi connectivity index (χ2n) is 3.42. The van der Waals surface area contributed by atoms with Crippen LogP contribution in [-0.2, 0) is 6.42 Å². The highest BCUT2D eigenvalue weighted by molar-refractivity contribution is 5.08. The van der Waals surface area contributed by atoms with E-state index in [1.807, 2.05) is 12.3 Å². The first-order chi connectivity index (χ1) is 6.33. The van der Waals surface area contributed by atoms with Crippen molar-refractivity contribution in [3.63, 3.8) is 0 Å². The van der Waals surface area contributed by atoms with Crippen LogP contribution in [0.1, 0.15) is 31.7 Å². The molecule has 0 amide bonds. The van der Waals surface area contributed by atoms with Gasteiger partial charge in [-0.25, -0.2) is 0 Å². The van der Waals surface area contributed by atoms with Gasteiger partial charge in [-0.05, 0) is 37.3 Å². The third-order valence-corrected chi connectivity index (χ3v) is 2.29. The third-order valence-electron chi connectivity index (χ3n) is 2.29. The molecule has 72 valence electrons. The summed E-state index contributed by atoms with van der Waals surface area (Å²) in [4.78, 5) is 4.07. The van der Waals surface area contributed by atoms with Crippen LogP contribution in [0.25, 0.3) is 0 Å². The molecule has 0 spiro atoms. The highest BCUT2D eigenvalue weighted by Crippen LogP contribution is 2.05. The molecular weight excluding hydrogens is 160 g/mol. The van der Waals surface area contributed by atoms with Gasteiger partial charge in [-0.15, -0.1) is 0 Å². The summed E-state index contributed by atoms with van der Waals surface area (Å²) in [6.07, 6.45) is 8.19. The molecule has 1 aromatic heterocycles. The van der Waals surface area contributed by atoms with Crippen LogP contribution >= 0.6 is 0 Å². The zero-order chi connectivity index (χ0) is 9.52. The molecular formula is C11H18N2. The maximum atomic E-state index is 5.82. The molecule has 2 N–H and O–H groups in total. The van der Waals surface area contributed by atoms with Crippen LogP contribution in [0.5, 0.6) is 0 Å². The van der Waals surface area contributed by atoms with Crippen molar-refractivity contribution in [3.8, 4) is 0 Å². The molecule has 0 saturated carbocycles. The van der Waals surface area contributed by atoms with Gasteiger partial charge in [-0.2, -0.15) is 0 Å². The SMILES string of the molecule is CC[C@@H](N)CCCc1cccnc1. The first kappa shape index (κ1) is 10.2. The molecule has 0 aliphatic rings. The van der Waals surface area contributed by atoms with Crippen LogP contribution in [0.4, 0.5) is 0 Å². The lowest BCUT2D eigenvalue weighted by atomic mass is 10.1. The van der Waals surface area contributed by atoms with E-state index in [1.165, 1.54) is 12.0 Å². The summed E-state index contributed by atoms with van der Waals surface area (Å²) >= 11 is 0. The lowest BCUT2D eigenvalue weighted by Gasteiger charge is -2.07. The summed E-state index contributed by atoms with van der Waals surface area (Å²) in [5, 5.41) is 0. The van der Waals surface area contributed by atoms with Gasteiger partial charge in [-0.3, -0.25) is 4.98 Å². The van der Waals surface area contributed by atoms with Crippen molar-refractivity contribution >= 4 is 0 Å². The van der Waals surface area contributed by atoms with Crippen molar-refractivity contribution < 1.29 is 0 Å². The number of pyridine rings is 1. The smallest absolute Gasteiger partial charge is 0.0299 e. The van der Waals surface area contributed by atoms with Gasteiger partial charge in [0, 0.05) is 18.4 Å². The summed E-state index contributed by atoms with van der Waals surface area (Å²) in [6, 6.07) is 4.47.